The number of benzene rings is 1. The Hall–Kier alpha value is 0.320. The summed E-state index contributed by atoms with van der Waals surface area (Å²) in [6.45, 7) is 0. The van der Waals surface area contributed by atoms with Crippen LogP contribution in [0.1, 0.15) is 6.42 Å². The Kier molecular flexibility index (Phi) is 4.22. The van der Waals surface area contributed by atoms with Crippen molar-refractivity contribution in [2.45, 2.75) is 20.5 Å². The molecule has 0 N–H and O–H groups in total. The molecule has 0 aromatic heterocycles. The molecule has 8 atom stereocenters. The molecule has 1 aromatic rings. The van der Waals surface area contributed by atoms with Gasteiger partial charge in [0.25, 0.3) is 0 Å². The summed E-state index contributed by atoms with van der Waals surface area (Å²) in [5.41, 5.74) is 0.550. The maximum atomic E-state index is 13.4. The fourth-order valence-corrected chi connectivity index (χ4v) is 10.4. The van der Waals surface area contributed by atoms with Gasteiger partial charge in [0.2, 0.25) is 11.8 Å². The van der Waals surface area contributed by atoms with E-state index in [1.807, 2.05) is 0 Å². The molecule has 6 rings (SSSR count). The standard InChI is InChI=1S/C20H12BrCl6NO2/c21-6-1-3-7(4-2-6)28-16(29)10-8-5-9(11(10)17(28)30)13-12(8)18(24)14(22)15(23)19(13,25)20(18,26)27/h1-4,8-13H,5H2/t8-,9+,10-,11+,12-,13-,18-,19-/m1/s1. The fraction of sp³-hybridized carbons (Fsp3) is 0.500. The van der Waals surface area contributed by atoms with Crippen LogP contribution in [-0.2, 0) is 9.59 Å². The minimum Gasteiger partial charge on any atom is -0.274 e. The monoisotopic (exact) mass is 587 g/mol. The van der Waals surface area contributed by atoms with E-state index in [2.05, 4.69) is 15.9 Å². The summed E-state index contributed by atoms with van der Waals surface area (Å²) in [7, 11) is 0. The molecule has 4 fully saturated rings. The average Bonchev–Trinajstić information content (AvgIpc) is 3.39. The van der Waals surface area contributed by atoms with E-state index < -0.39 is 25.9 Å². The molecule has 4 bridgehead atoms. The second-order valence-electron chi connectivity index (χ2n) is 8.78. The largest absolute Gasteiger partial charge is 0.274 e. The van der Waals surface area contributed by atoms with Crippen molar-refractivity contribution in [1.82, 2.24) is 0 Å². The van der Waals surface area contributed by atoms with Crippen LogP contribution in [0.4, 0.5) is 5.69 Å². The SMILES string of the molecule is O=C1[C@@H]2[C@H]3C[C@@H]([C@@H]2C(=O)N1c1ccc(Br)cc1)[C@@H]1[C@@H]3[C@@]2(Cl)C(Cl)=C(Cl)[C@@]1(Cl)C2(Cl)Cl. The second-order valence-corrected chi connectivity index (χ2v) is 13.0. The van der Waals surface area contributed by atoms with E-state index in [1.165, 1.54) is 4.90 Å². The number of anilines is 1. The van der Waals surface area contributed by atoms with Gasteiger partial charge in [0.1, 0.15) is 9.75 Å². The number of allylic oxidation sites excluding steroid dienone is 2. The van der Waals surface area contributed by atoms with Gasteiger partial charge in [-0.3, -0.25) is 14.5 Å². The molecule has 1 aliphatic heterocycles. The second kappa shape index (κ2) is 6.05. The minimum atomic E-state index is -1.64. The summed E-state index contributed by atoms with van der Waals surface area (Å²) < 4.78 is -0.777. The number of halogens is 7. The Bertz CT molecular complexity index is 1020. The van der Waals surface area contributed by atoms with Gasteiger partial charge in [0, 0.05) is 4.47 Å². The minimum absolute atomic E-state index is 0.151. The molecule has 0 radical (unpaired) electrons. The molecular formula is C20H12BrCl6NO2. The normalized spacial score (nSPS) is 47.5. The van der Waals surface area contributed by atoms with Crippen LogP contribution in [0.2, 0.25) is 0 Å². The number of fused-ring (bicyclic) bond motifs is 12. The van der Waals surface area contributed by atoms with Crippen LogP contribution in [0.3, 0.4) is 0 Å². The first-order chi connectivity index (χ1) is 14.0. The number of rotatable bonds is 1. The predicted molar refractivity (Wildman–Crippen MR) is 123 cm³/mol. The molecule has 1 heterocycles. The van der Waals surface area contributed by atoms with Crippen molar-refractivity contribution in [3.05, 3.63) is 38.8 Å². The molecule has 0 unspecified atom stereocenters. The van der Waals surface area contributed by atoms with Gasteiger partial charge in [0.05, 0.1) is 27.6 Å². The molecule has 4 aliphatic carbocycles. The van der Waals surface area contributed by atoms with Crippen LogP contribution in [-0.4, -0.2) is 25.9 Å². The summed E-state index contributed by atoms with van der Waals surface area (Å²) in [5, 5.41) is 0.301. The highest BCUT2D eigenvalue weighted by atomic mass is 79.9. The molecular weight excluding hydrogens is 579 g/mol. The quantitative estimate of drug-likeness (QED) is 0.219. The molecule has 0 spiro atoms. The smallest absolute Gasteiger partial charge is 0.237 e. The average molecular weight is 591 g/mol. The molecule has 158 valence electrons. The van der Waals surface area contributed by atoms with Crippen LogP contribution < -0.4 is 4.90 Å². The molecule has 30 heavy (non-hydrogen) atoms. The number of imide groups is 1. The summed E-state index contributed by atoms with van der Waals surface area (Å²) in [6.07, 6.45) is 0.650. The van der Waals surface area contributed by atoms with E-state index >= 15 is 0 Å². The van der Waals surface area contributed by atoms with E-state index in [1.54, 1.807) is 24.3 Å². The maximum absolute atomic E-state index is 13.4. The predicted octanol–water partition coefficient (Wildman–Crippen LogP) is 6.28. The van der Waals surface area contributed by atoms with Gasteiger partial charge in [-0.2, -0.15) is 0 Å². The molecule has 1 aromatic carbocycles. The van der Waals surface area contributed by atoms with Gasteiger partial charge >= 0.3 is 0 Å². The zero-order chi connectivity index (χ0) is 21.5. The Balaban J connectivity index is 1.47. The lowest BCUT2D eigenvalue weighted by atomic mass is 9.65. The Morgan fingerprint density at radius 2 is 1.27 bits per heavy atom. The van der Waals surface area contributed by atoms with Crippen molar-refractivity contribution < 1.29 is 9.59 Å². The number of hydrogen-bond donors (Lipinski definition) is 0. The number of carbonyl (C=O) groups is 2. The number of nitrogens with zero attached hydrogens (tertiary/aromatic N) is 1. The highest BCUT2D eigenvalue weighted by Crippen LogP contribution is 2.84. The Labute approximate surface area is 211 Å². The van der Waals surface area contributed by atoms with Crippen molar-refractivity contribution in [2.75, 3.05) is 4.90 Å². The van der Waals surface area contributed by atoms with Gasteiger partial charge in [0.15, 0.2) is 4.33 Å². The molecule has 2 amide bonds. The lowest BCUT2D eigenvalue weighted by molar-refractivity contribution is -0.123. The molecule has 3 nitrogen and oxygen atoms in total. The van der Waals surface area contributed by atoms with E-state index in [0.717, 1.165) is 4.47 Å². The number of hydrogen-bond acceptors (Lipinski definition) is 2. The third-order valence-corrected chi connectivity index (χ3v) is 12.7. The highest BCUT2D eigenvalue weighted by molar-refractivity contribution is 9.10. The molecule has 1 saturated heterocycles. The topological polar surface area (TPSA) is 37.4 Å². The van der Waals surface area contributed by atoms with Gasteiger partial charge in [-0.15, -0.1) is 23.2 Å². The Morgan fingerprint density at radius 3 is 1.70 bits per heavy atom. The molecule has 5 aliphatic rings. The maximum Gasteiger partial charge on any atom is 0.237 e. The Morgan fingerprint density at radius 1 is 0.833 bits per heavy atom. The van der Waals surface area contributed by atoms with Crippen molar-refractivity contribution in [3.63, 3.8) is 0 Å². The van der Waals surface area contributed by atoms with Crippen LogP contribution in [0, 0.1) is 35.5 Å². The molecule has 10 heteroatoms. The van der Waals surface area contributed by atoms with Gasteiger partial charge in [-0.1, -0.05) is 62.3 Å². The van der Waals surface area contributed by atoms with Gasteiger partial charge in [-0.05, 0) is 54.4 Å². The number of alkyl halides is 4. The van der Waals surface area contributed by atoms with Crippen LogP contribution in [0.25, 0.3) is 0 Å². The molecule has 3 saturated carbocycles. The van der Waals surface area contributed by atoms with Crippen LogP contribution >= 0.6 is 85.5 Å². The van der Waals surface area contributed by atoms with Gasteiger partial charge in [-0.25, -0.2) is 0 Å². The first kappa shape index (κ1) is 20.9. The van der Waals surface area contributed by atoms with Crippen LogP contribution in [0.15, 0.2) is 38.8 Å². The number of amides is 2. The highest BCUT2D eigenvalue weighted by Gasteiger charge is 2.88. The van der Waals surface area contributed by atoms with Crippen LogP contribution in [0.5, 0.6) is 0 Å². The van der Waals surface area contributed by atoms with Crippen molar-refractivity contribution in [1.29, 1.82) is 0 Å². The summed E-state index contributed by atoms with van der Waals surface area (Å²) in [6, 6.07) is 7.09. The first-order valence-corrected chi connectivity index (χ1v) is 12.5. The number of carbonyl (C=O) groups excluding carboxylic acids is 2. The van der Waals surface area contributed by atoms with E-state index in [-0.39, 0.29) is 45.6 Å². The van der Waals surface area contributed by atoms with Crippen molar-refractivity contribution in [3.8, 4) is 0 Å². The van der Waals surface area contributed by atoms with E-state index in [0.29, 0.717) is 12.1 Å². The summed E-state index contributed by atoms with van der Waals surface area (Å²) in [5.74, 6) is -2.49. The summed E-state index contributed by atoms with van der Waals surface area (Å²) in [4.78, 5) is 25.4. The first-order valence-electron chi connectivity index (χ1n) is 9.44. The van der Waals surface area contributed by atoms with Crippen molar-refractivity contribution in [2.24, 2.45) is 35.5 Å². The van der Waals surface area contributed by atoms with Crippen molar-refractivity contribution >= 4 is 103 Å². The lowest BCUT2D eigenvalue weighted by Crippen LogP contribution is -2.46. The van der Waals surface area contributed by atoms with Gasteiger partial charge < -0.3 is 0 Å². The lowest BCUT2D eigenvalue weighted by Gasteiger charge is -2.42. The van der Waals surface area contributed by atoms with E-state index in [9.17, 15) is 9.59 Å². The summed E-state index contributed by atoms with van der Waals surface area (Å²) >= 11 is 43.9. The van der Waals surface area contributed by atoms with E-state index in [4.69, 9.17) is 69.6 Å². The third-order valence-electron chi connectivity index (χ3n) is 7.92. The zero-order valence-corrected chi connectivity index (χ0v) is 21.0. The fourth-order valence-electron chi connectivity index (χ4n) is 6.99. The third kappa shape index (κ3) is 1.94. The zero-order valence-electron chi connectivity index (χ0n) is 14.9.